The van der Waals surface area contributed by atoms with E-state index in [1.165, 1.54) is 0 Å². The summed E-state index contributed by atoms with van der Waals surface area (Å²) in [5.41, 5.74) is 6.78. The van der Waals surface area contributed by atoms with Crippen molar-refractivity contribution >= 4 is 22.9 Å². The van der Waals surface area contributed by atoms with Crippen LogP contribution < -0.4 is 11.1 Å². The van der Waals surface area contributed by atoms with Gasteiger partial charge in [0.15, 0.2) is 23.2 Å². The van der Waals surface area contributed by atoms with Gasteiger partial charge in [-0.3, -0.25) is 4.57 Å². The number of nitrogen functional groups attached to an aromatic ring is 1. The number of rotatable bonds is 7. The highest BCUT2D eigenvalue weighted by atomic mass is 16.6. The molecule has 0 amide bonds. The minimum Gasteiger partial charge on any atom is -0.394 e. The fraction of sp³-hybridized carbons (Fsp3) is 0.632. The van der Waals surface area contributed by atoms with Crippen molar-refractivity contribution in [2.24, 2.45) is 0 Å². The van der Waals surface area contributed by atoms with Crippen molar-refractivity contribution in [1.82, 2.24) is 19.5 Å². The molecular weight excluding hydrogens is 376 g/mol. The van der Waals surface area contributed by atoms with Crippen LogP contribution in [0.3, 0.4) is 0 Å². The number of imidazole rings is 1. The van der Waals surface area contributed by atoms with Crippen molar-refractivity contribution in [3.05, 3.63) is 5.82 Å². The molecule has 0 bridgehead atoms. The lowest BCUT2D eigenvalue weighted by molar-refractivity contribution is -0.0501. The summed E-state index contributed by atoms with van der Waals surface area (Å²) in [6, 6.07) is 0. The van der Waals surface area contributed by atoms with E-state index in [9.17, 15) is 15.3 Å². The molecule has 29 heavy (non-hydrogen) atoms. The Labute approximate surface area is 169 Å². The molecule has 3 heterocycles. The molecule has 1 fully saturated rings. The molecule has 1 aliphatic heterocycles. The van der Waals surface area contributed by atoms with Gasteiger partial charge >= 0.3 is 0 Å². The first-order valence-corrected chi connectivity index (χ1v) is 9.92. The Hall–Kier alpha value is -2.45. The van der Waals surface area contributed by atoms with Gasteiger partial charge in [-0.05, 0) is 18.8 Å². The summed E-state index contributed by atoms with van der Waals surface area (Å²) in [4.78, 5) is 13.2. The van der Waals surface area contributed by atoms with Crippen molar-refractivity contribution in [1.29, 1.82) is 0 Å². The highest BCUT2D eigenvalue weighted by Crippen LogP contribution is 2.35. The number of fused-ring (bicyclic) bond motifs is 1. The topological polar surface area (TPSA) is 152 Å². The molecule has 10 nitrogen and oxygen atoms in total. The second-order valence-electron chi connectivity index (χ2n) is 6.97. The first kappa shape index (κ1) is 21.3. The summed E-state index contributed by atoms with van der Waals surface area (Å²) < 4.78 is 7.24. The standard InChI is InChI=1S/C19H28N6O4/c1-3-5-6-7-8-12-22-16(20)13-17(23-12)25(19(24-13)21-9-4-2)18-15(28)14(27)11(10-26)29-18/h11,14-15,18,26-28H,3-6,9-10H2,1-2H3,(H,21,24)(H2,20,22,23)/t11-,14-,15-,18-/m1/s1. The molecule has 0 radical (unpaired) electrons. The van der Waals surface area contributed by atoms with E-state index in [1.807, 2.05) is 6.92 Å². The zero-order chi connectivity index (χ0) is 21.0. The van der Waals surface area contributed by atoms with Gasteiger partial charge in [0.05, 0.1) is 6.61 Å². The summed E-state index contributed by atoms with van der Waals surface area (Å²) in [6.45, 7) is 4.29. The Bertz CT molecular complexity index is 905. The molecule has 3 rings (SSSR count). The number of nitrogens with zero attached hydrogens (tertiary/aromatic N) is 4. The number of aromatic nitrogens is 4. The number of hydrogen-bond acceptors (Lipinski definition) is 9. The van der Waals surface area contributed by atoms with Gasteiger partial charge in [-0.25, -0.2) is 15.0 Å². The van der Waals surface area contributed by atoms with Crippen LogP contribution in [0.15, 0.2) is 0 Å². The normalized spacial score (nSPS) is 23.9. The minimum atomic E-state index is -1.28. The summed E-state index contributed by atoms with van der Waals surface area (Å²) in [5, 5.41) is 33.3. The average molecular weight is 404 g/mol. The first-order valence-electron chi connectivity index (χ1n) is 9.92. The van der Waals surface area contributed by atoms with Gasteiger partial charge < -0.3 is 31.1 Å². The molecule has 2 aromatic heterocycles. The summed E-state index contributed by atoms with van der Waals surface area (Å²) in [6.07, 6.45) is -0.835. The monoisotopic (exact) mass is 404 g/mol. The lowest BCUT2D eigenvalue weighted by Crippen LogP contribution is -2.33. The third-order valence-electron chi connectivity index (χ3n) is 4.73. The van der Waals surface area contributed by atoms with Gasteiger partial charge in [-0.2, -0.15) is 0 Å². The van der Waals surface area contributed by atoms with Crippen LogP contribution in [0, 0.1) is 11.8 Å². The van der Waals surface area contributed by atoms with Crippen molar-refractivity contribution in [3.63, 3.8) is 0 Å². The lowest BCUT2D eigenvalue weighted by Gasteiger charge is -2.19. The first-order chi connectivity index (χ1) is 14.0. The number of anilines is 2. The smallest absolute Gasteiger partial charge is 0.208 e. The lowest BCUT2D eigenvalue weighted by atomic mass is 10.1. The Kier molecular flexibility index (Phi) is 6.87. The van der Waals surface area contributed by atoms with E-state index in [4.69, 9.17) is 10.5 Å². The van der Waals surface area contributed by atoms with Gasteiger partial charge in [0.2, 0.25) is 11.8 Å². The molecule has 6 N–H and O–H groups in total. The van der Waals surface area contributed by atoms with Crippen LogP contribution in [0.4, 0.5) is 11.8 Å². The van der Waals surface area contributed by atoms with Crippen LogP contribution in [-0.4, -0.2) is 66.3 Å². The fourth-order valence-electron chi connectivity index (χ4n) is 3.15. The molecule has 0 aliphatic carbocycles. The molecular formula is C19H28N6O4. The Balaban J connectivity index is 2.09. The predicted molar refractivity (Wildman–Crippen MR) is 108 cm³/mol. The van der Waals surface area contributed by atoms with E-state index in [2.05, 4.69) is 39.0 Å². The minimum absolute atomic E-state index is 0.167. The maximum atomic E-state index is 10.5. The van der Waals surface area contributed by atoms with Crippen molar-refractivity contribution in [3.8, 4) is 11.8 Å². The SMILES string of the molecule is CCCCC#Cc1nc(N)c2nc(NCCC)n([C@@H]3O[C@H](CO)[C@@H](O)[C@H]3O)c2n1. The van der Waals surface area contributed by atoms with Crippen LogP contribution in [0.1, 0.15) is 51.6 Å². The maximum absolute atomic E-state index is 10.5. The molecule has 0 spiro atoms. The Morgan fingerprint density at radius 2 is 1.97 bits per heavy atom. The van der Waals surface area contributed by atoms with E-state index in [1.54, 1.807) is 4.57 Å². The number of nitrogens with one attached hydrogen (secondary N) is 1. The number of ether oxygens (including phenoxy) is 1. The molecule has 0 aromatic carbocycles. The fourth-order valence-corrected chi connectivity index (χ4v) is 3.15. The predicted octanol–water partition coefficient (Wildman–Crippen LogP) is 0.384. The Morgan fingerprint density at radius 3 is 2.62 bits per heavy atom. The van der Waals surface area contributed by atoms with E-state index < -0.39 is 31.1 Å². The second-order valence-corrected chi connectivity index (χ2v) is 6.97. The highest BCUT2D eigenvalue weighted by molar-refractivity contribution is 5.84. The Morgan fingerprint density at radius 1 is 1.17 bits per heavy atom. The molecule has 0 saturated carbocycles. The van der Waals surface area contributed by atoms with E-state index in [0.29, 0.717) is 23.7 Å². The molecule has 1 aliphatic rings. The van der Waals surface area contributed by atoms with E-state index >= 15 is 0 Å². The van der Waals surface area contributed by atoms with E-state index in [0.717, 1.165) is 25.7 Å². The van der Waals surface area contributed by atoms with Gasteiger partial charge in [0.1, 0.15) is 18.3 Å². The maximum Gasteiger partial charge on any atom is 0.208 e. The average Bonchev–Trinajstić information content (AvgIpc) is 3.21. The third-order valence-corrected chi connectivity index (χ3v) is 4.73. The molecule has 0 unspecified atom stereocenters. The number of aliphatic hydroxyl groups excluding tert-OH is 3. The van der Waals surface area contributed by atoms with Crippen LogP contribution in [0.25, 0.3) is 11.2 Å². The van der Waals surface area contributed by atoms with Crippen molar-refractivity contribution < 1.29 is 20.1 Å². The van der Waals surface area contributed by atoms with Gasteiger partial charge in [0.25, 0.3) is 0 Å². The van der Waals surface area contributed by atoms with Crippen LogP contribution >= 0.6 is 0 Å². The van der Waals surface area contributed by atoms with Crippen LogP contribution in [0.2, 0.25) is 0 Å². The second kappa shape index (κ2) is 9.37. The molecule has 4 atom stereocenters. The van der Waals surface area contributed by atoms with Gasteiger partial charge in [0, 0.05) is 13.0 Å². The van der Waals surface area contributed by atoms with E-state index in [-0.39, 0.29) is 11.6 Å². The molecule has 2 aromatic rings. The van der Waals surface area contributed by atoms with Crippen LogP contribution in [-0.2, 0) is 4.74 Å². The molecule has 158 valence electrons. The third kappa shape index (κ3) is 4.28. The number of nitrogens with two attached hydrogens (primary N) is 1. The number of unbranched alkanes of at least 4 members (excludes halogenated alkanes) is 2. The largest absolute Gasteiger partial charge is 0.394 e. The summed E-state index contributed by atoms with van der Waals surface area (Å²) in [5.74, 6) is 6.74. The highest BCUT2D eigenvalue weighted by Gasteiger charge is 2.45. The van der Waals surface area contributed by atoms with Crippen molar-refractivity contribution in [2.45, 2.75) is 64.1 Å². The van der Waals surface area contributed by atoms with Gasteiger partial charge in [-0.15, -0.1) is 0 Å². The number of hydrogen-bond donors (Lipinski definition) is 5. The zero-order valence-electron chi connectivity index (χ0n) is 16.7. The zero-order valence-corrected chi connectivity index (χ0v) is 16.7. The molecule has 10 heteroatoms. The summed E-state index contributed by atoms with van der Waals surface area (Å²) >= 11 is 0. The summed E-state index contributed by atoms with van der Waals surface area (Å²) in [7, 11) is 0. The molecule has 1 saturated heterocycles. The number of aliphatic hydroxyl groups is 3. The van der Waals surface area contributed by atoms with Gasteiger partial charge in [-0.1, -0.05) is 26.2 Å². The van der Waals surface area contributed by atoms with Crippen molar-refractivity contribution in [2.75, 3.05) is 24.2 Å². The van der Waals surface area contributed by atoms with Crippen LogP contribution in [0.5, 0.6) is 0 Å². The quantitative estimate of drug-likeness (QED) is 0.326.